The van der Waals surface area contributed by atoms with Gasteiger partial charge in [0.15, 0.2) is 0 Å². The second kappa shape index (κ2) is 7.76. The molecule has 1 saturated heterocycles. The predicted octanol–water partition coefficient (Wildman–Crippen LogP) is 2.58. The summed E-state index contributed by atoms with van der Waals surface area (Å²) in [7, 11) is 0. The number of carboxylic acids is 1. The minimum Gasteiger partial charge on any atom is -0.481 e. The fraction of sp³-hybridized carbons (Fsp3) is 0.526. The SMILES string of the molecule is O=C(CC1(C(=O)O)CCC1)NCc1cccc(NC(=O)N2CCCC2)c1. The van der Waals surface area contributed by atoms with Crippen molar-refractivity contribution >= 4 is 23.6 Å². The molecule has 7 nitrogen and oxygen atoms in total. The average Bonchev–Trinajstić information content (AvgIpc) is 3.11. The van der Waals surface area contributed by atoms with Crippen molar-refractivity contribution in [2.24, 2.45) is 5.41 Å². The summed E-state index contributed by atoms with van der Waals surface area (Å²) >= 11 is 0. The van der Waals surface area contributed by atoms with Crippen molar-refractivity contribution in [2.45, 2.75) is 45.1 Å². The molecule has 1 aliphatic carbocycles. The molecule has 1 aromatic rings. The summed E-state index contributed by atoms with van der Waals surface area (Å²) in [6, 6.07) is 7.22. The van der Waals surface area contributed by atoms with Crippen LogP contribution >= 0.6 is 0 Å². The van der Waals surface area contributed by atoms with Crippen LogP contribution in [0.4, 0.5) is 10.5 Å². The number of carbonyl (C=O) groups excluding carboxylic acids is 2. The number of hydrogen-bond donors (Lipinski definition) is 3. The Balaban J connectivity index is 1.51. The fourth-order valence-electron chi connectivity index (χ4n) is 3.52. The van der Waals surface area contributed by atoms with Crippen molar-refractivity contribution in [1.82, 2.24) is 10.2 Å². The van der Waals surface area contributed by atoms with Crippen LogP contribution in [-0.2, 0) is 16.1 Å². The molecule has 0 spiro atoms. The average molecular weight is 359 g/mol. The van der Waals surface area contributed by atoms with E-state index in [1.54, 1.807) is 4.90 Å². The number of nitrogens with one attached hydrogen (secondary N) is 2. The van der Waals surface area contributed by atoms with Gasteiger partial charge < -0.3 is 20.6 Å². The van der Waals surface area contributed by atoms with Crippen LogP contribution < -0.4 is 10.6 Å². The van der Waals surface area contributed by atoms with Crippen molar-refractivity contribution in [3.05, 3.63) is 29.8 Å². The van der Waals surface area contributed by atoms with E-state index in [4.69, 9.17) is 0 Å². The van der Waals surface area contributed by atoms with Crippen LogP contribution in [-0.4, -0.2) is 41.0 Å². The lowest BCUT2D eigenvalue weighted by atomic mass is 9.66. The summed E-state index contributed by atoms with van der Waals surface area (Å²) in [6.07, 6.45) is 4.09. The van der Waals surface area contributed by atoms with E-state index in [2.05, 4.69) is 10.6 Å². The molecular weight excluding hydrogens is 334 g/mol. The van der Waals surface area contributed by atoms with Gasteiger partial charge in [0.1, 0.15) is 0 Å². The molecule has 7 heteroatoms. The van der Waals surface area contributed by atoms with Crippen LogP contribution in [0.5, 0.6) is 0 Å². The Morgan fingerprint density at radius 1 is 1.12 bits per heavy atom. The highest BCUT2D eigenvalue weighted by atomic mass is 16.4. The zero-order chi connectivity index (χ0) is 18.6. The molecular formula is C19H25N3O4. The van der Waals surface area contributed by atoms with E-state index in [9.17, 15) is 19.5 Å². The van der Waals surface area contributed by atoms with E-state index in [0.29, 0.717) is 25.1 Å². The van der Waals surface area contributed by atoms with Gasteiger partial charge in [-0.2, -0.15) is 0 Å². The van der Waals surface area contributed by atoms with E-state index in [-0.39, 0.29) is 18.4 Å². The third kappa shape index (κ3) is 4.15. The van der Waals surface area contributed by atoms with E-state index in [1.807, 2.05) is 24.3 Å². The lowest BCUT2D eigenvalue weighted by Gasteiger charge is -2.36. The molecule has 26 heavy (non-hydrogen) atoms. The number of carbonyl (C=O) groups is 3. The molecule has 1 aromatic carbocycles. The Kier molecular flexibility index (Phi) is 5.44. The van der Waals surface area contributed by atoms with Crippen molar-refractivity contribution in [3.8, 4) is 0 Å². The summed E-state index contributed by atoms with van der Waals surface area (Å²) in [5.74, 6) is -1.14. The molecule has 1 aliphatic heterocycles. The van der Waals surface area contributed by atoms with E-state index >= 15 is 0 Å². The molecule has 0 bridgehead atoms. The quantitative estimate of drug-likeness (QED) is 0.727. The molecule has 2 aliphatic rings. The monoisotopic (exact) mass is 359 g/mol. The van der Waals surface area contributed by atoms with Crippen LogP contribution in [0.2, 0.25) is 0 Å². The number of nitrogens with zero attached hydrogens (tertiary/aromatic N) is 1. The molecule has 1 heterocycles. The smallest absolute Gasteiger partial charge is 0.321 e. The Morgan fingerprint density at radius 2 is 1.85 bits per heavy atom. The molecule has 3 rings (SSSR count). The van der Waals surface area contributed by atoms with Crippen molar-refractivity contribution < 1.29 is 19.5 Å². The van der Waals surface area contributed by atoms with Crippen LogP contribution in [0.3, 0.4) is 0 Å². The molecule has 140 valence electrons. The first-order valence-electron chi connectivity index (χ1n) is 9.13. The number of rotatable bonds is 6. The summed E-state index contributed by atoms with van der Waals surface area (Å²) in [5, 5.41) is 15.0. The van der Waals surface area contributed by atoms with Crippen LogP contribution in [0.1, 0.15) is 44.1 Å². The third-order valence-corrected chi connectivity index (χ3v) is 5.32. The highest BCUT2D eigenvalue weighted by Crippen LogP contribution is 2.44. The lowest BCUT2D eigenvalue weighted by Crippen LogP contribution is -2.42. The minimum atomic E-state index is -0.884. The van der Waals surface area contributed by atoms with Crippen molar-refractivity contribution in [2.75, 3.05) is 18.4 Å². The largest absolute Gasteiger partial charge is 0.481 e. The van der Waals surface area contributed by atoms with E-state index in [0.717, 1.165) is 37.9 Å². The fourth-order valence-corrected chi connectivity index (χ4v) is 3.52. The number of hydrogen-bond acceptors (Lipinski definition) is 3. The normalized spacial score (nSPS) is 18.1. The van der Waals surface area contributed by atoms with Crippen LogP contribution in [0.15, 0.2) is 24.3 Å². The maximum Gasteiger partial charge on any atom is 0.321 e. The topological polar surface area (TPSA) is 98.7 Å². The predicted molar refractivity (Wildman–Crippen MR) is 96.7 cm³/mol. The second-order valence-corrected chi connectivity index (χ2v) is 7.22. The standard InChI is InChI=1S/C19H25N3O4/c23-16(12-19(17(24)25)7-4-8-19)20-13-14-5-3-6-15(11-14)21-18(26)22-9-1-2-10-22/h3,5-6,11H,1-2,4,7-10,12-13H2,(H,20,23)(H,21,26)(H,24,25). The minimum absolute atomic E-state index is 0.0215. The number of amides is 3. The van der Waals surface area contributed by atoms with Gasteiger partial charge in [0, 0.05) is 31.7 Å². The van der Waals surface area contributed by atoms with Gasteiger partial charge in [-0.05, 0) is 43.4 Å². The van der Waals surface area contributed by atoms with Crippen molar-refractivity contribution in [3.63, 3.8) is 0 Å². The Labute approximate surface area is 152 Å². The Hall–Kier alpha value is -2.57. The number of urea groups is 1. The van der Waals surface area contributed by atoms with Crippen LogP contribution in [0, 0.1) is 5.41 Å². The maximum absolute atomic E-state index is 12.1. The van der Waals surface area contributed by atoms with Crippen molar-refractivity contribution in [1.29, 1.82) is 0 Å². The highest BCUT2D eigenvalue weighted by Gasteiger charge is 2.45. The molecule has 0 atom stereocenters. The first-order valence-corrected chi connectivity index (χ1v) is 9.13. The van der Waals surface area contributed by atoms with E-state index in [1.165, 1.54) is 0 Å². The summed E-state index contributed by atoms with van der Waals surface area (Å²) < 4.78 is 0. The zero-order valence-corrected chi connectivity index (χ0v) is 14.8. The maximum atomic E-state index is 12.1. The van der Waals surface area contributed by atoms with Gasteiger partial charge in [0.05, 0.1) is 5.41 Å². The zero-order valence-electron chi connectivity index (χ0n) is 14.8. The summed E-state index contributed by atoms with van der Waals surface area (Å²) in [4.78, 5) is 37.4. The number of likely N-dealkylation sites (tertiary alicyclic amines) is 1. The van der Waals surface area contributed by atoms with Gasteiger partial charge in [-0.1, -0.05) is 18.6 Å². The van der Waals surface area contributed by atoms with Gasteiger partial charge in [0.25, 0.3) is 0 Å². The highest BCUT2D eigenvalue weighted by molar-refractivity contribution is 5.89. The summed E-state index contributed by atoms with van der Waals surface area (Å²) in [6.45, 7) is 1.88. The molecule has 2 fully saturated rings. The first-order chi connectivity index (χ1) is 12.5. The number of benzene rings is 1. The van der Waals surface area contributed by atoms with E-state index < -0.39 is 11.4 Å². The molecule has 0 radical (unpaired) electrons. The molecule has 0 aromatic heterocycles. The summed E-state index contributed by atoms with van der Waals surface area (Å²) in [5.41, 5.74) is 0.667. The number of anilines is 1. The number of carboxylic acid groups (broad SMARTS) is 1. The van der Waals surface area contributed by atoms with Gasteiger partial charge >= 0.3 is 12.0 Å². The van der Waals surface area contributed by atoms with Gasteiger partial charge in [0.2, 0.25) is 5.91 Å². The van der Waals surface area contributed by atoms with Crippen LogP contribution in [0.25, 0.3) is 0 Å². The van der Waals surface area contributed by atoms with Gasteiger partial charge in [-0.25, -0.2) is 4.79 Å². The number of aliphatic carboxylic acids is 1. The van der Waals surface area contributed by atoms with Gasteiger partial charge in [-0.3, -0.25) is 9.59 Å². The molecule has 0 unspecified atom stereocenters. The third-order valence-electron chi connectivity index (χ3n) is 5.32. The first kappa shape index (κ1) is 18.2. The Morgan fingerprint density at radius 3 is 2.46 bits per heavy atom. The lowest BCUT2D eigenvalue weighted by molar-refractivity contribution is -0.157. The molecule has 3 N–H and O–H groups in total. The second-order valence-electron chi connectivity index (χ2n) is 7.22. The Bertz CT molecular complexity index is 694. The molecule has 1 saturated carbocycles. The molecule has 3 amide bonds. The van der Waals surface area contributed by atoms with Gasteiger partial charge in [-0.15, -0.1) is 0 Å².